The average molecular weight is 183 g/mol. The SMILES string of the molecule is NNc1cc2c(cc1N)OCCO2.[HH]. The summed E-state index contributed by atoms with van der Waals surface area (Å²) in [6, 6.07) is 3.42. The molecule has 1 aliphatic heterocycles. The molecule has 72 valence electrons. The molecule has 0 unspecified atom stereocenters. The standard InChI is InChI=1S/C8H11N3O2.H2/c9-5-3-7-8(4-6(5)11-10)13-2-1-12-7;/h3-4,11H,1-2,9-10H2;1H. The van der Waals surface area contributed by atoms with Crippen molar-refractivity contribution in [2.75, 3.05) is 24.4 Å². The maximum absolute atomic E-state index is 5.68. The van der Waals surface area contributed by atoms with Crippen molar-refractivity contribution >= 4 is 11.4 Å². The zero-order chi connectivity index (χ0) is 9.26. The quantitative estimate of drug-likeness (QED) is 0.337. The van der Waals surface area contributed by atoms with E-state index in [9.17, 15) is 0 Å². The summed E-state index contributed by atoms with van der Waals surface area (Å²) in [5, 5.41) is 0. The van der Waals surface area contributed by atoms with Crippen LogP contribution in [0.2, 0.25) is 0 Å². The second-order valence-corrected chi connectivity index (χ2v) is 2.73. The minimum atomic E-state index is 0. The summed E-state index contributed by atoms with van der Waals surface area (Å²) < 4.78 is 10.7. The van der Waals surface area contributed by atoms with Crippen LogP contribution in [0.3, 0.4) is 0 Å². The molecule has 1 aromatic rings. The molecule has 0 aromatic heterocycles. The van der Waals surface area contributed by atoms with Gasteiger partial charge in [-0.1, -0.05) is 0 Å². The molecule has 0 saturated carbocycles. The summed E-state index contributed by atoms with van der Waals surface area (Å²) in [7, 11) is 0. The molecular formula is C8H13N3O2. The third kappa shape index (κ3) is 1.33. The van der Waals surface area contributed by atoms with Crippen LogP contribution in [0.15, 0.2) is 12.1 Å². The van der Waals surface area contributed by atoms with E-state index in [0.29, 0.717) is 36.1 Å². The third-order valence-corrected chi connectivity index (χ3v) is 1.87. The van der Waals surface area contributed by atoms with Crippen molar-refractivity contribution in [1.82, 2.24) is 0 Å². The number of nitrogens with one attached hydrogen (secondary N) is 1. The minimum Gasteiger partial charge on any atom is -0.486 e. The van der Waals surface area contributed by atoms with E-state index in [-0.39, 0.29) is 1.43 Å². The molecule has 0 fully saturated rings. The Bertz CT molecular complexity index is 333. The van der Waals surface area contributed by atoms with E-state index in [1.54, 1.807) is 12.1 Å². The Kier molecular flexibility index (Phi) is 1.86. The molecule has 0 amide bonds. The van der Waals surface area contributed by atoms with E-state index in [1.165, 1.54) is 0 Å². The topological polar surface area (TPSA) is 82.5 Å². The monoisotopic (exact) mass is 183 g/mol. The summed E-state index contributed by atoms with van der Waals surface area (Å²) in [6.45, 7) is 1.11. The first-order chi connectivity index (χ1) is 6.31. The summed E-state index contributed by atoms with van der Waals surface area (Å²) in [5.41, 5.74) is 9.35. The summed E-state index contributed by atoms with van der Waals surface area (Å²) in [5.74, 6) is 6.60. The largest absolute Gasteiger partial charge is 0.486 e. The maximum Gasteiger partial charge on any atom is 0.163 e. The van der Waals surface area contributed by atoms with Gasteiger partial charge in [0, 0.05) is 13.6 Å². The summed E-state index contributed by atoms with van der Waals surface area (Å²) in [6.07, 6.45) is 0. The Hall–Kier alpha value is -1.62. The maximum atomic E-state index is 5.68. The van der Waals surface area contributed by atoms with Crippen LogP contribution in [0.1, 0.15) is 1.43 Å². The lowest BCUT2D eigenvalue weighted by atomic mass is 10.2. The number of hydrogen-bond donors (Lipinski definition) is 3. The lowest BCUT2D eigenvalue weighted by Gasteiger charge is -2.19. The average Bonchev–Trinajstić information content (AvgIpc) is 2.17. The van der Waals surface area contributed by atoms with Crippen molar-refractivity contribution in [3.05, 3.63) is 12.1 Å². The zero-order valence-corrected chi connectivity index (χ0v) is 7.04. The van der Waals surface area contributed by atoms with Crippen LogP contribution >= 0.6 is 0 Å². The predicted molar refractivity (Wildman–Crippen MR) is 51.8 cm³/mol. The lowest BCUT2D eigenvalue weighted by Crippen LogP contribution is -2.17. The molecule has 0 aliphatic carbocycles. The van der Waals surface area contributed by atoms with E-state index < -0.39 is 0 Å². The van der Waals surface area contributed by atoms with Gasteiger partial charge in [-0.3, -0.25) is 5.84 Å². The number of fused-ring (bicyclic) bond motifs is 1. The molecule has 1 aromatic carbocycles. The smallest absolute Gasteiger partial charge is 0.163 e. The molecule has 5 heteroatoms. The highest BCUT2D eigenvalue weighted by atomic mass is 16.6. The van der Waals surface area contributed by atoms with E-state index in [4.69, 9.17) is 21.1 Å². The molecule has 0 saturated heterocycles. The van der Waals surface area contributed by atoms with E-state index in [0.717, 1.165) is 0 Å². The summed E-state index contributed by atoms with van der Waals surface area (Å²) >= 11 is 0. The molecule has 0 atom stereocenters. The number of benzene rings is 1. The highest BCUT2D eigenvalue weighted by Crippen LogP contribution is 2.36. The van der Waals surface area contributed by atoms with Gasteiger partial charge in [-0.15, -0.1) is 0 Å². The van der Waals surface area contributed by atoms with Crippen molar-refractivity contribution in [2.45, 2.75) is 0 Å². The highest BCUT2D eigenvalue weighted by molar-refractivity contribution is 5.71. The van der Waals surface area contributed by atoms with Crippen LogP contribution in [-0.2, 0) is 0 Å². The molecule has 1 heterocycles. The van der Waals surface area contributed by atoms with E-state index >= 15 is 0 Å². The van der Waals surface area contributed by atoms with Gasteiger partial charge in [0.25, 0.3) is 0 Å². The first-order valence-electron chi connectivity index (χ1n) is 3.97. The number of hydrogen-bond acceptors (Lipinski definition) is 5. The van der Waals surface area contributed by atoms with E-state index in [1.807, 2.05) is 0 Å². The Labute approximate surface area is 77.1 Å². The van der Waals surface area contributed by atoms with Gasteiger partial charge >= 0.3 is 0 Å². The van der Waals surface area contributed by atoms with E-state index in [2.05, 4.69) is 5.43 Å². The molecule has 5 N–H and O–H groups in total. The summed E-state index contributed by atoms with van der Waals surface area (Å²) in [4.78, 5) is 0. The fourth-order valence-electron chi connectivity index (χ4n) is 1.23. The second-order valence-electron chi connectivity index (χ2n) is 2.73. The van der Waals surface area contributed by atoms with Crippen LogP contribution < -0.4 is 26.5 Å². The number of rotatable bonds is 1. The Morgan fingerprint density at radius 1 is 1.23 bits per heavy atom. The molecular weight excluding hydrogens is 170 g/mol. The molecule has 5 nitrogen and oxygen atoms in total. The first-order valence-corrected chi connectivity index (χ1v) is 3.97. The molecule has 0 bridgehead atoms. The van der Waals surface area contributed by atoms with Gasteiger partial charge in [0.1, 0.15) is 13.2 Å². The Balaban J connectivity index is 0.000000980. The van der Waals surface area contributed by atoms with Gasteiger partial charge in [0.2, 0.25) is 0 Å². The number of hydrazine groups is 1. The van der Waals surface area contributed by atoms with Crippen LogP contribution in [0.5, 0.6) is 11.5 Å². The zero-order valence-electron chi connectivity index (χ0n) is 7.04. The fourth-order valence-corrected chi connectivity index (χ4v) is 1.23. The normalized spacial score (nSPS) is 13.9. The first kappa shape index (κ1) is 8.00. The molecule has 1 aliphatic rings. The van der Waals surface area contributed by atoms with Crippen molar-refractivity contribution in [3.8, 4) is 11.5 Å². The second kappa shape index (κ2) is 3.02. The van der Waals surface area contributed by atoms with Crippen LogP contribution in [0, 0.1) is 0 Å². The molecule has 0 radical (unpaired) electrons. The van der Waals surface area contributed by atoms with Gasteiger partial charge in [-0.05, 0) is 0 Å². The Morgan fingerprint density at radius 2 is 1.85 bits per heavy atom. The van der Waals surface area contributed by atoms with Crippen molar-refractivity contribution < 1.29 is 10.9 Å². The number of nitrogens with two attached hydrogens (primary N) is 2. The van der Waals surface area contributed by atoms with Gasteiger partial charge in [-0.2, -0.15) is 0 Å². The predicted octanol–water partition coefficient (Wildman–Crippen LogP) is 0.572. The van der Waals surface area contributed by atoms with Crippen LogP contribution in [0.25, 0.3) is 0 Å². The van der Waals surface area contributed by atoms with Crippen LogP contribution in [-0.4, -0.2) is 13.2 Å². The Morgan fingerprint density at radius 3 is 2.46 bits per heavy atom. The van der Waals surface area contributed by atoms with Gasteiger partial charge in [0.15, 0.2) is 11.5 Å². The van der Waals surface area contributed by atoms with Gasteiger partial charge < -0.3 is 20.6 Å². The number of nitrogen functional groups attached to an aromatic ring is 2. The minimum absolute atomic E-state index is 0. The molecule has 13 heavy (non-hydrogen) atoms. The van der Waals surface area contributed by atoms with Gasteiger partial charge in [0.05, 0.1) is 11.4 Å². The number of ether oxygens (including phenoxy) is 2. The van der Waals surface area contributed by atoms with Crippen molar-refractivity contribution in [1.29, 1.82) is 0 Å². The molecule has 2 rings (SSSR count). The van der Waals surface area contributed by atoms with Crippen molar-refractivity contribution in [2.24, 2.45) is 5.84 Å². The van der Waals surface area contributed by atoms with Crippen molar-refractivity contribution in [3.63, 3.8) is 0 Å². The third-order valence-electron chi connectivity index (χ3n) is 1.87. The van der Waals surface area contributed by atoms with Gasteiger partial charge in [-0.25, -0.2) is 0 Å². The lowest BCUT2D eigenvalue weighted by molar-refractivity contribution is 0.172. The van der Waals surface area contributed by atoms with Crippen LogP contribution in [0.4, 0.5) is 11.4 Å². The number of anilines is 2. The fraction of sp³-hybridized carbons (Fsp3) is 0.250. The highest BCUT2D eigenvalue weighted by Gasteiger charge is 2.13. The molecule has 0 spiro atoms.